The fraction of sp³-hybridized carbons (Fsp3) is 0.467. The van der Waals surface area contributed by atoms with Crippen molar-refractivity contribution in [2.45, 2.75) is 32.8 Å². The second kappa shape index (κ2) is 7.83. The third-order valence-electron chi connectivity index (χ3n) is 2.30. The first kappa shape index (κ1) is 17.2. The minimum absolute atomic E-state index is 0.328. The number of ether oxygens (including phenoxy) is 2. The minimum Gasteiger partial charge on any atom is -0.465 e. The molecule has 6 heteroatoms. The van der Waals surface area contributed by atoms with Crippen LogP contribution in [0.1, 0.15) is 42.4 Å². The van der Waals surface area contributed by atoms with Gasteiger partial charge in [0.1, 0.15) is 10.5 Å². The summed E-state index contributed by atoms with van der Waals surface area (Å²) in [6, 6.07) is 1.77. The molecule has 21 heavy (non-hydrogen) atoms. The molecule has 0 aliphatic rings. The van der Waals surface area contributed by atoms with Crippen molar-refractivity contribution in [2.75, 3.05) is 13.7 Å². The van der Waals surface area contributed by atoms with Gasteiger partial charge in [0, 0.05) is 6.54 Å². The minimum atomic E-state index is -0.485. The number of alkyl carbamates (subject to hydrolysis) is 1. The Bertz CT molecular complexity index is 514. The van der Waals surface area contributed by atoms with Gasteiger partial charge in [0.25, 0.3) is 0 Å². The van der Waals surface area contributed by atoms with Crippen molar-refractivity contribution >= 4 is 29.5 Å². The van der Waals surface area contributed by atoms with E-state index >= 15 is 0 Å². The van der Waals surface area contributed by atoms with E-state index in [1.807, 2.05) is 38.3 Å². The summed E-state index contributed by atoms with van der Waals surface area (Å²) in [5, 5.41) is 4.55. The van der Waals surface area contributed by atoms with Crippen LogP contribution < -0.4 is 5.32 Å². The van der Waals surface area contributed by atoms with Crippen LogP contribution in [0.15, 0.2) is 17.5 Å². The number of hydrogen-bond acceptors (Lipinski definition) is 5. The molecular weight excluding hydrogens is 290 g/mol. The first-order valence-electron chi connectivity index (χ1n) is 6.62. The second-order valence-corrected chi connectivity index (χ2v) is 6.27. The average molecular weight is 311 g/mol. The van der Waals surface area contributed by atoms with Crippen LogP contribution in [0.2, 0.25) is 0 Å². The number of esters is 1. The quantitative estimate of drug-likeness (QED) is 0.668. The number of carbonyl (C=O) groups excluding carboxylic acids is 2. The topological polar surface area (TPSA) is 64.6 Å². The number of amides is 1. The van der Waals surface area contributed by atoms with Crippen LogP contribution in [0.3, 0.4) is 0 Å². The van der Waals surface area contributed by atoms with Crippen molar-refractivity contribution in [3.05, 3.63) is 28.0 Å². The Hall–Kier alpha value is -1.82. The molecule has 0 fully saturated rings. The Morgan fingerprint density at radius 1 is 1.38 bits per heavy atom. The third-order valence-corrected chi connectivity index (χ3v) is 3.22. The molecule has 116 valence electrons. The Morgan fingerprint density at radius 3 is 2.71 bits per heavy atom. The summed E-state index contributed by atoms with van der Waals surface area (Å²) in [5.74, 6) is -0.328. The molecule has 1 aromatic rings. The van der Waals surface area contributed by atoms with Crippen molar-refractivity contribution in [2.24, 2.45) is 0 Å². The number of carbonyl (C=O) groups is 2. The van der Waals surface area contributed by atoms with Gasteiger partial charge in [-0.05, 0) is 44.2 Å². The zero-order chi connectivity index (χ0) is 15.9. The molecule has 1 rings (SSSR count). The second-order valence-electron chi connectivity index (χ2n) is 5.36. The van der Waals surface area contributed by atoms with Crippen LogP contribution in [0, 0.1) is 0 Å². The first-order valence-corrected chi connectivity index (χ1v) is 7.50. The van der Waals surface area contributed by atoms with E-state index in [0.29, 0.717) is 17.8 Å². The van der Waals surface area contributed by atoms with Crippen LogP contribution in [0.4, 0.5) is 4.79 Å². The highest BCUT2D eigenvalue weighted by Gasteiger charge is 2.15. The van der Waals surface area contributed by atoms with Crippen molar-refractivity contribution in [1.29, 1.82) is 0 Å². The monoisotopic (exact) mass is 311 g/mol. The van der Waals surface area contributed by atoms with E-state index in [4.69, 9.17) is 4.74 Å². The van der Waals surface area contributed by atoms with Gasteiger partial charge < -0.3 is 14.8 Å². The molecule has 1 heterocycles. The van der Waals surface area contributed by atoms with Gasteiger partial charge in [-0.25, -0.2) is 9.59 Å². The van der Waals surface area contributed by atoms with Crippen molar-refractivity contribution < 1.29 is 19.1 Å². The van der Waals surface area contributed by atoms with Crippen LogP contribution in [0.5, 0.6) is 0 Å². The molecule has 0 aliphatic heterocycles. The zero-order valence-corrected chi connectivity index (χ0v) is 13.6. The molecule has 1 N–H and O–H groups in total. The summed E-state index contributed by atoms with van der Waals surface area (Å²) in [7, 11) is 1.36. The summed E-state index contributed by atoms with van der Waals surface area (Å²) in [5.41, 5.74) is 0.457. The number of thiophene rings is 1. The first-order chi connectivity index (χ1) is 9.81. The van der Waals surface area contributed by atoms with Crippen molar-refractivity contribution in [3.8, 4) is 0 Å². The Balaban J connectivity index is 2.31. The van der Waals surface area contributed by atoms with Crippen molar-refractivity contribution in [1.82, 2.24) is 5.32 Å². The summed E-state index contributed by atoms with van der Waals surface area (Å²) >= 11 is 1.34. The van der Waals surface area contributed by atoms with E-state index in [0.717, 1.165) is 5.56 Å². The maximum atomic E-state index is 11.4. The molecule has 0 atom stereocenters. The van der Waals surface area contributed by atoms with Gasteiger partial charge in [0.05, 0.1) is 7.11 Å². The fourth-order valence-electron chi connectivity index (χ4n) is 1.44. The van der Waals surface area contributed by atoms with Gasteiger partial charge in [-0.3, -0.25) is 0 Å². The summed E-state index contributed by atoms with van der Waals surface area (Å²) in [6.45, 7) is 5.96. The number of methoxy groups -OCH3 is 1. The van der Waals surface area contributed by atoms with Crippen LogP contribution >= 0.6 is 11.3 Å². The molecule has 0 spiro atoms. The normalized spacial score (nSPS) is 11.4. The Labute approximate surface area is 128 Å². The highest BCUT2D eigenvalue weighted by Crippen LogP contribution is 2.17. The SMILES string of the molecule is COC(=O)c1cc(C=CCCNC(=O)OC(C)(C)C)cs1. The number of nitrogens with one attached hydrogen (secondary N) is 1. The molecule has 1 aromatic heterocycles. The molecule has 5 nitrogen and oxygen atoms in total. The smallest absolute Gasteiger partial charge is 0.407 e. The van der Waals surface area contributed by atoms with Gasteiger partial charge >= 0.3 is 12.1 Å². The predicted octanol–water partition coefficient (Wildman–Crippen LogP) is 3.46. The van der Waals surface area contributed by atoms with E-state index in [2.05, 4.69) is 10.1 Å². The van der Waals surface area contributed by atoms with Gasteiger partial charge in [-0.1, -0.05) is 12.2 Å². The maximum Gasteiger partial charge on any atom is 0.407 e. The summed E-state index contributed by atoms with van der Waals surface area (Å²) in [6.07, 6.45) is 4.10. The molecule has 0 unspecified atom stereocenters. The van der Waals surface area contributed by atoms with E-state index in [-0.39, 0.29) is 5.97 Å². The molecule has 0 saturated heterocycles. The molecule has 0 aliphatic carbocycles. The van der Waals surface area contributed by atoms with Crippen LogP contribution in [-0.4, -0.2) is 31.3 Å². The fourth-order valence-corrected chi connectivity index (χ4v) is 2.23. The van der Waals surface area contributed by atoms with E-state index < -0.39 is 11.7 Å². The lowest BCUT2D eigenvalue weighted by Gasteiger charge is -2.19. The van der Waals surface area contributed by atoms with Gasteiger partial charge in [0.15, 0.2) is 0 Å². The average Bonchev–Trinajstić information content (AvgIpc) is 2.84. The van der Waals surface area contributed by atoms with Gasteiger partial charge in [-0.2, -0.15) is 0 Å². The molecule has 0 bridgehead atoms. The van der Waals surface area contributed by atoms with Crippen LogP contribution in [0.25, 0.3) is 6.08 Å². The Kier molecular flexibility index (Phi) is 6.42. The lowest BCUT2D eigenvalue weighted by atomic mass is 10.2. The number of rotatable bonds is 5. The lowest BCUT2D eigenvalue weighted by molar-refractivity contribution is 0.0527. The van der Waals surface area contributed by atoms with E-state index in [9.17, 15) is 9.59 Å². The molecular formula is C15H21NO4S. The summed E-state index contributed by atoms with van der Waals surface area (Å²) in [4.78, 5) is 23.3. The van der Waals surface area contributed by atoms with E-state index in [1.54, 1.807) is 6.07 Å². The van der Waals surface area contributed by atoms with Crippen LogP contribution in [-0.2, 0) is 9.47 Å². The molecule has 0 aromatic carbocycles. The van der Waals surface area contributed by atoms with E-state index in [1.165, 1.54) is 18.4 Å². The number of hydrogen-bond donors (Lipinski definition) is 1. The zero-order valence-electron chi connectivity index (χ0n) is 12.8. The van der Waals surface area contributed by atoms with Gasteiger partial charge in [0.2, 0.25) is 0 Å². The lowest BCUT2D eigenvalue weighted by Crippen LogP contribution is -2.32. The highest BCUT2D eigenvalue weighted by atomic mass is 32.1. The maximum absolute atomic E-state index is 11.4. The van der Waals surface area contributed by atoms with Gasteiger partial charge in [-0.15, -0.1) is 11.3 Å². The molecule has 0 radical (unpaired) electrons. The third kappa shape index (κ3) is 6.94. The molecule has 1 amide bonds. The Morgan fingerprint density at radius 2 is 2.10 bits per heavy atom. The largest absolute Gasteiger partial charge is 0.465 e. The van der Waals surface area contributed by atoms with Crippen molar-refractivity contribution in [3.63, 3.8) is 0 Å². The summed E-state index contributed by atoms with van der Waals surface area (Å²) < 4.78 is 9.77. The predicted molar refractivity (Wildman–Crippen MR) is 83.5 cm³/mol. The highest BCUT2D eigenvalue weighted by molar-refractivity contribution is 7.12. The molecule has 0 saturated carbocycles. The standard InChI is InChI=1S/C15H21NO4S/c1-15(2,3)20-14(18)16-8-6-5-7-11-9-12(21-10-11)13(17)19-4/h5,7,9-10H,6,8H2,1-4H3,(H,16,18).